The summed E-state index contributed by atoms with van der Waals surface area (Å²) in [4.78, 5) is 3.46. The summed E-state index contributed by atoms with van der Waals surface area (Å²) < 4.78 is 27.5. The first-order valence-corrected chi connectivity index (χ1v) is 11.2. The predicted octanol–water partition coefficient (Wildman–Crippen LogP) is 3.96. The third kappa shape index (κ3) is 5.06. The van der Waals surface area contributed by atoms with Crippen molar-refractivity contribution >= 4 is 27.0 Å². The summed E-state index contributed by atoms with van der Waals surface area (Å²) in [6.45, 7) is 4.61. The molecule has 0 spiro atoms. The molecule has 1 saturated heterocycles. The van der Waals surface area contributed by atoms with Gasteiger partial charge in [-0.2, -0.15) is 0 Å². The van der Waals surface area contributed by atoms with Gasteiger partial charge in [-0.1, -0.05) is 25.0 Å². The number of nitrogens with one attached hydrogen (secondary N) is 1. The molecule has 1 aromatic heterocycles. The van der Waals surface area contributed by atoms with Gasteiger partial charge in [-0.25, -0.2) is 13.1 Å². The van der Waals surface area contributed by atoms with Crippen LogP contribution in [-0.2, 0) is 16.4 Å². The van der Waals surface area contributed by atoms with Crippen molar-refractivity contribution in [2.24, 2.45) is 0 Å². The van der Waals surface area contributed by atoms with E-state index < -0.39 is 10.0 Å². The predicted molar refractivity (Wildman–Crippen MR) is 105 cm³/mol. The lowest BCUT2D eigenvalue weighted by atomic mass is 10.1. The van der Waals surface area contributed by atoms with E-state index in [1.807, 2.05) is 13.0 Å². The second-order valence-electron chi connectivity index (χ2n) is 6.58. The lowest BCUT2D eigenvalue weighted by Crippen LogP contribution is -2.25. The second kappa shape index (κ2) is 8.34. The van der Waals surface area contributed by atoms with Crippen LogP contribution in [0.25, 0.3) is 0 Å². The van der Waals surface area contributed by atoms with Crippen LogP contribution in [0.15, 0.2) is 40.6 Å². The van der Waals surface area contributed by atoms with E-state index >= 15 is 0 Å². The van der Waals surface area contributed by atoms with Gasteiger partial charge in [0.05, 0.1) is 0 Å². The highest BCUT2D eigenvalue weighted by Gasteiger charge is 2.15. The standard InChI is InChI=1S/C19H26N2O2S2/c1-16-6-11-19(24-16)25(22,23)20-13-12-17-7-9-18(10-8-17)21-14-4-2-3-5-15-21/h6-11,20H,2-5,12-15H2,1H3. The molecule has 25 heavy (non-hydrogen) atoms. The quantitative estimate of drug-likeness (QED) is 0.828. The van der Waals surface area contributed by atoms with Crippen LogP contribution in [0.5, 0.6) is 0 Å². The van der Waals surface area contributed by atoms with Crippen molar-refractivity contribution in [3.8, 4) is 0 Å². The van der Waals surface area contributed by atoms with Crippen LogP contribution in [0.1, 0.15) is 36.1 Å². The Hall–Kier alpha value is -1.37. The molecule has 0 saturated carbocycles. The van der Waals surface area contributed by atoms with Crippen LogP contribution < -0.4 is 9.62 Å². The molecule has 1 aromatic carbocycles. The first-order chi connectivity index (χ1) is 12.0. The smallest absolute Gasteiger partial charge is 0.250 e. The number of anilines is 1. The lowest BCUT2D eigenvalue weighted by Gasteiger charge is -2.22. The van der Waals surface area contributed by atoms with Crippen molar-refractivity contribution in [3.63, 3.8) is 0 Å². The molecule has 0 amide bonds. The number of rotatable bonds is 6. The maximum Gasteiger partial charge on any atom is 0.250 e. The van der Waals surface area contributed by atoms with E-state index in [4.69, 9.17) is 0 Å². The van der Waals surface area contributed by atoms with Crippen molar-refractivity contribution < 1.29 is 8.42 Å². The topological polar surface area (TPSA) is 49.4 Å². The minimum atomic E-state index is -3.38. The summed E-state index contributed by atoms with van der Waals surface area (Å²) in [5, 5.41) is 0. The van der Waals surface area contributed by atoms with Gasteiger partial charge >= 0.3 is 0 Å². The molecule has 0 bridgehead atoms. The average molecular weight is 379 g/mol. The molecule has 3 rings (SSSR count). The van der Waals surface area contributed by atoms with Gasteiger partial charge in [-0.05, 0) is 56.0 Å². The van der Waals surface area contributed by atoms with Crippen LogP contribution in [0.4, 0.5) is 5.69 Å². The van der Waals surface area contributed by atoms with Crippen molar-refractivity contribution in [2.45, 2.75) is 43.2 Å². The van der Waals surface area contributed by atoms with Crippen LogP contribution in [0.2, 0.25) is 0 Å². The normalized spacial score (nSPS) is 16.0. The average Bonchev–Trinajstić information content (AvgIpc) is 2.87. The third-order valence-electron chi connectivity index (χ3n) is 4.59. The number of thiophene rings is 1. The minimum Gasteiger partial charge on any atom is -0.372 e. The molecule has 0 radical (unpaired) electrons. The van der Waals surface area contributed by atoms with Gasteiger partial charge in [0.2, 0.25) is 10.0 Å². The SMILES string of the molecule is Cc1ccc(S(=O)(=O)NCCc2ccc(N3CCCCCC3)cc2)s1. The van der Waals surface area contributed by atoms with Crippen LogP contribution in [0.3, 0.4) is 0 Å². The Kier molecular flexibility index (Phi) is 6.15. The van der Waals surface area contributed by atoms with Gasteiger partial charge < -0.3 is 4.90 Å². The second-order valence-corrected chi connectivity index (χ2v) is 9.86. The summed E-state index contributed by atoms with van der Waals surface area (Å²) in [6, 6.07) is 12.1. The summed E-state index contributed by atoms with van der Waals surface area (Å²) in [6.07, 6.45) is 5.90. The fourth-order valence-corrected chi connectivity index (χ4v) is 5.52. The third-order valence-corrected chi connectivity index (χ3v) is 7.55. The lowest BCUT2D eigenvalue weighted by molar-refractivity contribution is 0.584. The Morgan fingerprint density at radius 3 is 2.28 bits per heavy atom. The van der Waals surface area contributed by atoms with Crippen LogP contribution >= 0.6 is 11.3 Å². The number of nitrogens with zero attached hydrogens (tertiary/aromatic N) is 1. The largest absolute Gasteiger partial charge is 0.372 e. The van der Waals surface area contributed by atoms with Crippen LogP contribution in [0, 0.1) is 6.92 Å². The monoisotopic (exact) mass is 378 g/mol. The molecule has 6 heteroatoms. The number of aryl methyl sites for hydroxylation is 1. The molecule has 136 valence electrons. The highest BCUT2D eigenvalue weighted by Crippen LogP contribution is 2.21. The van der Waals surface area contributed by atoms with E-state index in [0.29, 0.717) is 17.2 Å². The molecule has 1 N–H and O–H groups in total. The molecule has 1 fully saturated rings. The summed E-state index contributed by atoms with van der Waals surface area (Å²) in [5.74, 6) is 0. The van der Waals surface area contributed by atoms with Gasteiger partial charge in [0.15, 0.2) is 0 Å². The van der Waals surface area contributed by atoms with Gasteiger partial charge in [-0.15, -0.1) is 11.3 Å². The molecule has 2 aromatic rings. The highest BCUT2D eigenvalue weighted by molar-refractivity contribution is 7.91. The summed E-state index contributed by atoms with van der Waals surface area (Å²) in [5.41, 5.74) is 2.43. The van der Waals surface area contributed by atoms with E-state index in [9.17, 15) is 8.42 Å². The molecule has 4 nitrogen and oxygen atoms in total. The van der Waals surface area contributed by atoms with E-state index in [1.54, 1.807) is 6.07 Å². The Balaban J connectivity index is 1.53. The molecule has 0 atom stereocenters. The number of hydrogen-bond acceptors (Lipinski definition) is 4. The summed E-state index contributed by atoms with van der Waals surface area (Å²) in [7, 11) is -3.38. The molecule has 2 heterocycles. The Morgan fingerprint density at radius 2 is 1.68 bits per heavy atom. The van der Waals surface area contributed by atoms with E-state index in [-0.39, 0.29) is 0 Å². The zero-order chi connectivity index (χ0) is 17.7. The van der Waals surface area contributed by atoms with E-state index in [1.165, 1.54) is 42.7 Å². The maximum absolute atomic E-state index is 12.2. The minimum absolute atomic E-state index is 0.390. The molecule has 0 aliphatic carbocycles. The first kappa shape index (κ1) is 18.4. The highest BCUT2D eigenvalue weighted by atomic mass is 32.2. The fraction of sp³-hybridized carbons (Fsp3) is 0.474. The Bertz CT molecular complexity index is 774. The zero-order valence-corrected chi connectivity index (χ0v) is 16.3. The molecular weight excluding hydrogens is 352 g/mol. The summed E-state index contributed by atoms with van der Waals surface area (Å²) >= 11 is 1.30. The Labute approximate surface area is 154 Å². The molecule has 1 aliphatic heterocycles. The van der Waals surface area contributed by atoms with Crippen molar-refractivity contribution in [3.05, 3.63) is 46.8 Å². The zero-order valence-electron chi connectivity index (χ0n) is 14.7. The number of hydrogen-bond donors (Lipinski definition) is 1. The van der Waals surface area contributed by atoms with E-state index in [0.717, 1.165) is 23.5 Å². The number of benzene rings is 1. The van der Waals surface area contributed by atoms with Gasteiger partial charge in [-0.3, -0.25) is 0 Å². The molecule has 1 aliphatic rings. The van der Waals surface area contributed by atoms with E-state index in [2.05, 4.69) is 33.9 Å². The van der Waals surface area contributed by atoms with Gasteiger partial charge in [0.1, 0.15) is 4.21 Å². The van der Waals surface area contributed by atoms with Crippen molar-refractivity contribution in [1.29, 1.82) is 0 Å². The van der Waals surface area contributed by atoms with Crippen molar-refractivity contribution in [2.75, 3.05) is 24.5 Å². The fourth-order valence-electron chi connectivity index (χ4n) is 3.16. The van der Waals surface area contributed by atoms with Gasteiger partial charge in [0, 0.05) is 30.2 Å². The maximum atomic E-state index is 12.2. The van der Waals surface area contributed by atoms with Crippen LogP contribution in [-0.4, -0.2) is 28.1 Å². The van der Waals surface area contributed by atoms with Crippen molar-refractivity contribution in [1.82, 2.24) is 4.72 Å². The molecular formula is C19H26N2O2S2. The van der Waals surface area contributed by atoms with Gasteiger partial charge in [0.25, 0.3) is 0 Å². The number of sulfonamides is 1. The molecule has 0 unspecified atom stereocenters. The first-order valence-electron chi connectivity index (χ1n) is 8.95. The Morgan fingerprint density at radius 1 is 1.00 bits per heavy atom.